The molecule has 4 fully saturated rings. The maximum Gasteiger partial charge on any atom is 0.194 e. The van der Waals surface area contributed by atoms with Crippen molar-refractivity contribution in [3.8, 4) is 0 Å². The van der Waals surface area contributed by atoms with Crippen LogP contribution in [0.3, 0.4) is 0 Å². The molecule has 23 heavy (non-hydrogen) atoms. The van der Waals surface area contributed by atoms with Crippen LogP contribution in [0, 0.1) is 5.92 Å². The number of hydrogen-bond donors (Lipinski definition) is 1. The van der Waals surface area contributed by atoms with Gasteiger partial charge in [-0.05, 0) is 12.8 Å². The van der Waals surface area contributed by atoms with Crippen molar-refractivity contribution < 1.29 is 0 Å². The smallest absolute Gasteiger partial charge is 0.194 e. The van der Waals surface area contributed by atoms with Gasteiger partial charge in [-0.3, -0.25) is 14.8 Å². The van der Waals surface area contributed by atoms with Crippen molar-refractivity contribution in [2.45, 2.75) is 32.1 Å². The zero-order chi connectivity index (χ0) is 16.2. The van der Waals surface area contributed by atoms with Crippen molar-refractivity contribution >= 4 is 17.7 Å². The highest BCUT2D eigenvalue weighted by Gasteiger charge is 2.32. The second-order valence-corrected chi connectivity index (χ2v) is 8.63. The predicted molar refractivity (Wildman–Crippen MR) is 100 cm³/mol. The molecule has 0 aromatic carbocycles. The molecule has 0 spiro atoms. The Kier molecular flexibility index (Phi) is 6.10. The number of guanidine groups is 1. The van der Waals surface area contributed by atoms with Crippen molar-refractivity contribution in [2.75, 3.05) is 64.7 Å². The van der Waals surface area contributed by atoms with Gasteiger partial charge < -0.3 is 10.2 Å². The van der Waals surface area contributed by atoms with Crippen molar-refractivity contribution in [2.24, 2.45) is 10.9 Å². The molecule has 0 radical (unpaired) electrons. The first kappa shape index (κ1) is 17.4. The number of rotatable bonds is 4. The van der Waals surface area contributed by atoms with Crippen LogP contribution in [0.15, 0.2) is 4.99 Å². The number of aliphatic imine (C=N–C) groups is 1. The third-order valence-electron chi connectivity index (χ3n) is 5.32. The van der Waals surface area contributed by atoms with Gasteiger partial charge in [0.05, 0.1) is 6.54 Å². The van der Waals surface area contributed by atoms with Crippen LogP contribution in [0.1, 0.15) is 20.8 Å². The molecular weight excluding hydrogens is 306 g/mol. The van der Waals surface area contributed by atoms with Gasteiger partial charge in [-0.2, -0.15) is 11.8 Å². The summed E-state index contributed by atoms with van der Waals surface area (Å²) in [5, 5.41) is 4.26. The van der Waals surface area contributed by atoms with Crippen LogP contribution in [0.4, 0.5) is 0 Å². The molecule has 0 aliphatic carbocycles. The molecule has 4 rings (SSSR count). The first-order valence-corrected chi connectivity index (χ1v) is 10.3. The number of piperazine rings is 3. The van der Waals surface area contributed by atoms with Gasteiger partial charge in [0.25, 0.3) is 0 Å². The van der Waals surface area contributed by atoms with Gasteiger partial charge in [0.1, 0.15) is 0 Å². The minimum atomic E-state index is 0.617. The molecule has 132 valence electrons. The summed E-state index contributed by atoms with van der Waals surface area (Å²) in [6.07, 6.45) is 0. The summed E-state index contributed by atoms with van der Waals surface area (Å²) in [6, 6.07) is 0.617. The molecule has 5 nitrogen and oxygen atoms in total. The Balaban J connectivity index is 1.61. The van der Waals surface area contributed by atoms with E-state index in [1.54, 1.807) is 0 Å². The van der Waals surface area contributed by atoms with Gasteiger partial charge in [0.15, 0.2) is 5.96 Å². The summed E-state index contributed by atoms with van der Waals surface area (Å²) in [5.74, 6) is 3.09. The third-order valence-corrected chi connectivity index (χ3v) is 6.86. The quantitative estimate of drug-likeness (QED) is 0.611. The molecule has 2 unspecified atom stereocenters. The van der Waals surface area contributed by atoms with Gasteiger partial charge in [-0.15, -0.1) is 0 Å². The van der Waals surface area contributed by atoms with Gasteiger partial charge in [0, 0.05) is 69.4 Å². The summed E-state index contributed by atoms with van der Waals surface area (Å²) in [6.45, 7) is 17.2. The van der Waals surface area contributed by atoms with E-state index >= 15 is 0 Å². The van der Waals surface area contributed by atoms with Crippen LogP contribution in [-0.4, -0.2) is 96.6 Å². The molecule has 1 N–H and O–H groups in total. The minimum absolute atomic E-state index is 0.617. The molecule has 0 aromatic rings. The van der Waals surface area contributed by atoms with E-state index in [1.807, 2.05) is 0 Å². The van der Waals surface area contributed by atoms with Crippen LogP contribution in [0.2, 0.25) is 0 Å². The highest BCUT2D eigenvalue weighted by Crippen LogP contribution is 2.25. The normalized spacial score (nSPS) is 35.0. The molecule has 4 aliphatic heterocycles. The lowest BCUT2D eigenvalue weighted by atomic mass is 10.1. The Morgan fingerprint density at radius 2 is 1.96 bits per heavy atom. The number of hydrogen-bond acceptors (Lipinski definition) is 4. The molecule has 0 aromatic heterocycles. The van der Waals surface area contributed by atoms with Gasteiger partial charge in [-0.1, -0.05) is 13.8 Å². The second-order valence-electron chi connectivity index (χ2n) is 7.28. The molecule has 2 atom stereocenters. The van der Waals surface area contributed by atoms with Gasteiger partial charge in [0.2, 0.25) is 0 Å². The Morgan fingerprint density at radius 1 is 1.17 bits per heavy atom. The van der Waals surface area contributed by atoms with Crippen molar-refractivity contribution in [3.63, 3.8) is 0 Å². The fraction of sp³-hybridized carbons (Fsp3) is 0.941. The van der Waals surface area contributed by atoms with E-state index in [1.165, 1.54) is 38.5 Å². The molecule has 6 heteroatoms. The first-order chi connectivity index (χ1) is 11.2. The molecule has 2 bridgehead atoms. The first-order valence-electron chi connectivity index (χ1n) is 9.28. The SMILES string of the molecule is CCNC(=NCC1CN2CCN1CC2)N1CCSC(C(C)C)C1. The fourth-order valence-corrected chi connectivity index (χ4v) is 5.09. The predicted octanol–water partition coefficient (Wildman–Crippen LogP) is 1.03. The van der Waals surface area contributed by atoms with Crippen molar-refractivity contribution in [1.82, 2.24) is 20.0 Å². The number of nitrogens with one attached hydrogen (secondary N) is 1. The number of nitrogens with zero attached hydrogens (tertiary/aromatic N) is 4. The largest absolute Gasteiger partial charge is 0.357 e. The van der Waals surface area contributed by atoms with E-state index in [4.69, 9.17) is 4.99 Å². The second kappa shape index (κ2) is 8.08. The van der Waals surface area contributed by atoms with E-state index in [0.29, 0.717) is 6.04 Å². The Morgan fingerprint density at radius 3 is 2.57 bits per heavy atom. The lowest BCUT2D eigenvalue weighted by Gasteiger charge is -2.47. The van der Waals surface area contributed by atoms with E-state index < -0.39 is 0 Å². The van der Waals surface area contributed by atoms with Crippen LogP contribution < -0.4 is 5.32 Å². The van der Waals surface area contributed by atoms with Crippen LogP contribution >= 0.6 is 11.8 Å². The molecule has 0 saturated carbocycles. The van der Waals surface area contributed by atoms with Crippen LogP contribution in [0.5, 0.6) is 0 Å². The minimum Gasteiger partial charge on any atom is -0.357 e. The van der Waals surface area contributed by atoms with Crippen molar-refractivity contribution in [3.05, 3.63) is 0 Å². The molecule has 0 amide bonds. The summed E-state index contributed by atoms with van der Waals surface area (Å²) in [7, 11) is 0. The Bertz CT molecular complexity index is 406. The van der Waals surface area contributed by atoms with E-state index in [9.17, 15) is 0 Å². The zero-order valence-corrected chi connectivity index (χ0v) is 15.8. The standard InChI is InChI=1S/C17H33N5S/c1-4-18-17(22-9-10-23-16(13-22)14(2)3)19-11-15-12-20-5-7-21(15)8-6-20/h14-16H,4-13H2,1-3H3,(H,18,19). The van der Waals surface area contributed by atoms with E-state index in [-0.39, 0.29) is 0 Å². The fourth-order valence-electron chi connectivity index (χ4n) is 3.79. The summed E-state index contributed by atoms with van der Waals surface area (Å²) < 4.78 is 0. The Hall–Kier alpha value is -0.460. The average Bonchev–Trinajstić information content (AvgIpc) is 2.59. The van der Waals surface area contributed by atoms with Gasteiger partial charge >= 0.3 is 0 Å². The molecule has 4 aliphatic rings. The maximum absolute atomic E-state index is 5.03. The molecule has 4 saturated heterocycles. The zero-order valence-electron chi connectivity index (χ0n) is 15.0. The lowest BCUT2D eigenvalue weighted by Crippen LogP contribution is -2.62. The maximum atomic E-state index is 5.03. The average molecular weight is 340 g/mol. The van der Waals surface area contributed by atoms with Crippen LogP contribution in [0.25, 0.3) is 0 Å². The molecular formula is C17H33N5S. The van der Waals surface area contributed by atoms with Crippen molar-refractivity contribution in [1.29, 1.82) is 0 Å². The summed E-state index contributed by atoms with van der Waals surface area (Å²) in [5.41, 5.74) is 0. The summed E-state index contributed by atoms with van der Waals surface area (Å²) >= 11 is 2.13. The van der Waals surface area contributed by atoms with Gasteiger partial charge in [-0.25, -0.2) is 0 Å². The van der Waals surface area contributed by atoms with E-state index in [0.717, 1.165) is 43.3 Å². The lowest BCUT2D eigenvalue weighted by molar-refractivity contribution is 0.0173. The Labute approximate surface area is 145 Å². The molecule has 4 heterocycles. The highest BCUT2D eigenvalue weighted by molar-refractivity contribution is 8.00. The third kappa shape index (κ3) is 4.34. The topological polar surface area (TPSA) is 34.1 Å². The highest BCUT2D eigenvalue weighted by atomic mass is 32.2. The monoisotopic (exact) mass is 339 g/mol. The number of fused-ring (bicyclic) bond motifs is 3. The van der Waals surface area contributed by atoms with Crippen LogP contribution in [-0.2, 0) is 0 Å². The summed E-state index contributed by atoms with van der Waals surface area (Å²) in [4.78, 5) is 12.7. The number of thioether (sulfide) groups is 1. The van der Waals surface area contributed by atoms with E-state index in [2.05, 4.69) is 52.5 Å².